The molecule has 0 saturated heterocycles. The van der Waals surface area contributed by atoms with Crippen molar-refractivity contribution in [3.8, 4) is 0 Å². The predicted molar refractivity (Wildman–Crippen MR) is 100 cm³/mol. The lowest BCUT2D eigenvalue weighted by Gasteiger charge is -2.20. The van der Waals surface area contributed by atoms with Crippen LogP contribution >= 0.6 is 0 Å². The molecule has 1 unspecified atom stereocenters. The van der Waals surface area contributed by atoms with Crippen molar-refractivity contribution in [3.05, 3.63) is 65.5 Å². The minimum Gasteiger partial charge on any atom is -0.335 e. The minimum absolute atomic E-state index is 0.149. The Balaban J connectivity index is 1.79. The van der Waals surface area contributed by atoms with E-state index < -0.39 is 18.0 Å². The lowest BCUT2D eigenvalue weighted by atomic mass is 10.00. The van der Waals surface area contributed by atoms with Crippen molar-refractivity contribution < 1.29 is 14.0 Å². The van der Waals surface area contributed by atoms with Crippen LogP contribution in [0.4, 0.5) is 14.9 Å². The number of likely N-dealkylation sites (N-methyl/N-ethyl adjacent to an activating group) is 1. The van der Waals surface area contributed by atoms with Gasteiger partial charge in [-0.15, -0.1) is 0 Å². The number of hydrogen-bond donors (Lipinski definition) is 2. The SMILES string of the molecule is CN1C(=O)C(NC(=O)NC2CC2)N=C(c2ccccc2F)c2ccccc21. The van der Waals surface area contributed by atoms with Crippen LogP contribution in [-0.2, 0) is 4.79 Å². The maximum Gasteiger partial charge on any atom is 0.317 e. The Bertz CT molecular complexity index is 939. The van der Waals surface area contributed by atoms with Gasteiger partial charge in [-0.1, -0.05) is 30.3 Å². The molecule has 2 N–H and O–H groups in total. The van der Waals surface area contributed by atoms with Crippen molar-refractivity contribution in [2.24, 2.45) is 4.99 Å². The predicted octanol–water partition coefficient (Wildman–Crippen LogP) is 2.43. The topological polar surface area (TPSA) is 73.8 Å². The zero-order valence-electron chi connectivity index (χ0n) is 14.8. The Hall–Kier alpha value is -3.22. The molecule has 2 aromatic carbocycles. The molecule has 1 heterocycles. The van der Waals surface area contributed by atoms with Gasteiger partial charge in [-0.2, -0.15) is 0 Å². The van der Waals surface area contributed by atoms with Crippen LogP contribution in [-0.4, -0.2) is 36.9 Å². The monoisotopic (exact) mass is 366 g/mol. The van der Waals surface area contributed by atoms with E-state index in [9.17, 15) is 14.0 Å². The average molecular weight is 366 g/mol. The maximum atomic E-state index is 14.5. The number of para-hydroxylation sites is 1. The first-order chi connectivity index (χ1) is 13.0. The molecule has 1 aliphatic heterocycles. The summed E-state index contributed by atoms with van der Waals surface area (Å²) in [5, 5.41) is 5.39. The van der Waals surface area contributed by atoms with E-state index in [1.165, 1.54) is 11.0 Å². The molecule has 7 heteroatoms. The number of nitrogens with zero attached hydrogens (tertiary/aromatic N) is 2. The average Bonchev–Trinajstić information content (AvgIpc) is 3.49. The van der Waals surface area contributed by atoms with Crippen molar-refractivity contribution in [2.45, 2.75) is 25.0 Å². The molecule has 0 aromatic heterocycles. The number of amides is 3. The first-order valence-electron chi connectivity index (χ1n) is 8.81. The van der Waals surface area contributed by atoms with Gasteiger partial charge in [0.25, 0.3) is 5.91 Å². The third-order valence-corrected chi connectivity index (χ3v) is 4.65. The van der Waals surface area contributed by atoms with Gasteiger partial charge in [0.05, 0.1) is 11.4 Å². The van der Waals surface area contributed by atoms with Gasteiger partial charge >= 0.3 is 6.03 Å². The summed E-state index contributed by atoms with van der Waals surface area (Å²) in [6, 6.07) is 13.1. The number of hydrogen-bond acceptors (Lipinski definition) is 3. The second kappa shape index (κ2) is 6.83. The highest BCUT2D eigenvalue weighted by atomic mass is 19.1. The van der Waals surface area contributed by atoms with Gasteiger partial charge < -0.3 is 15.5 Å². The highest BCUT2D eigenvalue weighted by molar-refractivity contribution is 6.20. The van der Waals surface area contributed by atoms with E-state index >= 15 is 0 Å². The van der Waals surface area contributed by atoms with Crippen LogP contribution in [0, 0.1) is 5.82 Å². The molecular weight excluding hydrogens is 347 g/mol. The van der Waals surface area contributed by atoms with Gasteiger partial charge in [0.15, 0.2) is 0 Å². The highest BCUT2D eigenvalue weighted by Gasteiger charge is 2.32. The van der Waals surface area contributed by atoms with E-state index in [0.29, 0.717) is 17.0 Å². The normalized spacial score (nSPS) is 19.0. The fourth-order valence-corrected chi connectivity index (χ4v) is 3.06. The van der Waals surface area contributed by atoms with E-state index in [2.05, 4.69) is 15.6 Å². The Labute approximate surface area is 156 Å². The third kappa shape index (κ3) is 3.40. The molecule has 2 aromatic rings. The molecule has 1 aliphatic carbocycles. The smallest absolute Gasteiger partial charge is 0.317 e. The van der Waals surface area contributed by atoms with E-state index in [1.807, 2.05) is 0 Å². The number of carbonyl (C=O) groups is 2. The van der Waals surface area contributed by atoms with Crippen LogP contribution in [0.25, 0.3) is 0 Å². The summed E-state index contributed by atoms with van der Waals surface area (Å²) in [7, 11) is 1.62. The summed E-state index contributed by atoms with van der Waals surface area (Å²) >= 11 is 0. The van der Waals surface area contributed by atoms with Crippen LogP contribution in [0.5, 0.6) is 0 Å². The molecular formula is C20H19FN4O2. The van der Waals surface area contributed by atoms with Crippen LogP contribution in [0.15, 0.2) is 53.5 Å². The summed E-state index contributed by atoms with van der Waals surface area (Å²) in [6.07, 6.45) is 0.721. The maximum absolute atomic E-state index is 14.5. The summed E-state index contributed by atoms with van der Waals surface area (Å²) in [5.74, 6) is -0.830. The highest BCUT2D eigenvalue weighted by Crippen LogP contribution is 2.28. The molecule has 27 heavy (non-hydrogen) atoms. The second-order valence-corrected chi connectivity index (χ2v) is 6.67. The number of benzodiazepines with no additional fused rings is 1. The Morgan fingerprint density at radius 3 is 2.44 bits per heavy atom. The molecule has 4 rings (SSSR count). The van der Waals surface area contributed by atoms with Crippen molar-refractivity contribution in [1.82, 2.24) is 10.6 Å². The van der Waals surface area contributed by atoms with Crippen molar-refractivity contribution in [1.29, 1.82) is 0 Å². The van der Waals surface area contributed by atoms with Crippen LogP contribution in [0.1, 0.15) is 24.0 Å². The molecule has 138 valence electrons. The van der Waals surface area contributed by atoms with E-state index in [4.69, 9.17) is 0 Å². The number of anilines is 1. The summed E-state index contributed by atoms with van der Waals surface area (Å²) in [6.45, 7) is 0. The number of aliphatic imine (C=N–C) groups is 1. The van der Waals surface area contributed by atoms with E-state index in [-0.39, 0.29) is 17.5 Å². The quantitative estimate of drug-likeness (QED) is 0.876. The minimum atomic E-state index is -1.14. The lowest BCUT2D eigenvalue weighted by molar-refractivity contribution is -0.119. The molecule has 1 atom stereocenters. The Morgan fingerprint density at radius 1 is 1.07 bits per heavy atom. The number of rotatable bonds is 3. The number of halogens is 1. The van der Waals surface area contributed by atoms with Crippen LogP contribution in [0.2, 0.25) is 0 Å². The number of benzene rings is 2. The van der Waals surface area contributed by atoms with Crippen LogP contribution in [0.3, 0.4) is 0 Å². The molecule has 1 saturated carbocycles. The molecule has 3 amide bonds. The number of nitrogens with one attached hydrogen (secondary N) is 2. The van der Waals surface area contributed by atoms with Gasteiger partial charge in [-0.25, -0.2) is 14.2 Å². The Morgan fingerprint density at radius 2 is 1.74 bits per heavy atom. The lowest BCUT2D eigenvalue weighted by Crippen LogP contribution is -2.49. The molecule has 2 aliphatic rings. The van der Waals surface area contributed by atoms with Gasteiger partial charge in [-0.3, -0.25) is 4.79 Å². The fourth-order valence-electron chi connectivity index (χ4n) is 3.06. The van der Waals surface area contributed by atoms with Gasteiger partial charge in [0, 0.05) is 24.2 Å². The first kappa shape index (κ1) is 17.2. The van der Waals surface area contributed by atoms with Crippen LogP contribution < -0.4 is 15.5 Å². The Kier molecular flexibility index (Phi) is 4.35. The van der Waals surface area contributed by atoms with E-state index in [0.717, 1.165) is 12.8 Å². The summed E-state index contributed by atoms with van der Waals surface area (Å²) in [5.41, 5.74) is 1.85. The molecule has 0 radical (unpaired) electrons. The van der Waals surface area contributed by atoms with Gasteiger partial charge in [0.1, 0.15) is 5.82 Å². The van der Waals surface area contributed by atoms with Gasteiger partial charge in [0.2, 0.25) is 6.17 Å². The molecule has 1 fully saturated rings. The van der Waals surface area contributed by atoms with Gasteiger partial charge in [-0.05, 0) is 31.0 Å². The summed E-state index contributed by atoms with van der Waals surface area (Å²) < 4.78 is 14.5. The molecule has 6 nitrogen and oxygen atoms in total. The number of urea groups is 1. The second-order valence-electron chi connectivity index (χ2n) is 6.67. The standard InChI is InChI=1S/C20H19FN4O2/c1-25-16-9-5-3-7-14(16)17(13-6-2-4-8-15(13)21)23-18(19(25)26)24-20(27)22-12-10-11-12/h2-9,12,18H,10-11H2,1H3,(H2,22,24,27). The number of fused-ring (bicyclic) bond motifs is 1. The first-order valence-corrected chi connectivity index (χ1v) is 8.81. The molecule has 0 spiro atoms. The summed E-state index contributed by atoms with van der Waals surface area (Å²) in [4.78, 5) is 31.0. The number of carbonyl (C=O) groups excluding carboxylic acids is 2. The van der Waals surface area contributed by atoms with E-state index in [1.54, 1.807) is 49.5 Å². The van der Waals surface area contributed by atoms with Crippen molar-refractivity contribution >= 4 is 23.3 Å². The third-order valence-electron chi connectivity index (χ3n) is 4.65. The fraction of sp³-hybridized carbons (Fsp3) is 0.250. The molecule has 0 bridgehead atoms. The van der Waals surface area contributed by atoms with Crippen molar-refractivity contribution in [3.63, 3.8) is 0 Å². The largest absolute Gasteiger partial charge is 0.335 e. The van der Waals surface area contributed by atoms with Crippen molar-refractivity contribution in [2.75, 3.05) is 11.9 Å². The zero-order valence-corrected chi connectivity index (χ0v) is 14.8. The zero-order chi connectivity index (χ0) is 19.0.